The maximum atomic E-state index is 12.2. The number of aromatic amines is 1. The van der Waals surface area contributed by atoms with Crippen LogP contribution in [0.5, 0.6) is 0 Å². The number of aromatic nitrogens is 3. The first-order valence-corrected chi connectivity index (χ1v) is 7.34. The SMILES string of the molecule is Cc1n[nH]c(C)c1S(=O)(=O)Nc1ncccc1Br. The van der Waals surface area contributed by atoms with Gasteiger partial charge in [-0.15, -0.1) is 0 Å². The molecule has 18 heavy (non-hydrogen) atoms. The van der Waals surface area contributed by atoms with E-state index >= 15 is 0 Å². The molecule has 8 heteroatoms. The normalized spacial score (nSPS) is 11.5. The predicted octanol–water partition coefficient (Wildman–Crippen LogP) is 1.98. The van der Waals surface area contributed by atoms with Gasteiger partial charge in [0.25, 0.3) is 10.0 Å². The lowest BCUT2D eigenvalue weighted by Gasteiger charge is -2.08. The summed E-state index contributed by atoms with van der Waals surface area (Å²) in [5.74, 6) is 0.248. The molecule has 2 aromatic heterocycles. The number of rotatable bonds is 3. The van der Waals surface area contributed by atoms with E-state index in [0.717, 1.165) is 0 Å². The van der Waals surface area contributed by atoms with Crippen LogP contribution in [0.1, 0.15) is 11.4 Å². The average Bonchev–Trinajstić information content (AvgIpc) is 2.62. The summed E-state index contributed by atoms with van der Waals surface area (Å²) >= 11 is 3.24. The van der Waals surface area contributed by atoms with E-state index in [1.807, 2.05) is 0 Å². The summed E-state index contributed by atoms with van der Waals surface area (Å²) in [7, 11) is -3.69. The van der Waals surface area contributed by atoms with E-state index in [0.29, 0.717) is 15.9 Å². The van der Waals surface area contributed by atoms with Crippen molar-refractivity contribution in [3.05, 3.63) is 34.2 Å². The van der Waals surface area contributed by atoms with Crippen LogP contribution in [0.2, 0.25) is 0 Å². The summed E-state index contributed by atoms with van der Waals surface area (Å²) in [6, 6.07) is 3.41. The van der Waals surface area contributed by atoms with Crippen LogP contribution >= 0.6 is 15.9 Å². The molecule has 0 aliphatic rings. The van der Waals surface area contributed by atoms with E-state index in [1.54, 1.807) is 26.0 Å². The van der Waals surface area contributed by atoms with Crippen LogP contribution in [-0.2, 0) is 10.0 Å². The third-order valence-electron chi connectivity index (χ3n) is 2.32. The van der Waals surface area contributed by atoms with Gasteiger partial charge in [0, 0.05) is 6.20 Å². The first-order chi connectivity index (χ1) is 8.42. The molecule has 0 spiro atoms. The number of nitrogens with zero attached hydrogens (tertiary/aromatic N) is 2. The minimum atomic E-state index is -3.69. The fourth-order valence-corrected chi connectivity index (χ4v) is 3.46. The Morgan fingerprint density at radius 1 is 1.39 bits per heavy atom. The number of pyridine rings is 1. The summed E-state index contributed by atoms with van der Waals surface area (Å²) in [6.45, 7) is 3.29. The highest BCUT2D eigenvalue weighted by Gasteiger charge is 2.23. The summed E-state index contributed by atoms with van der Waals surface area (Å²) in [5, 5.41) is 6.51. The van der Waals surface area contributed by atoms with Gasteiger partial charge in [0.1, 0.15) is 4.90 Å². The third kappa shape index (κ3) is 2.39. The van der Waals surface area contributed by atoms with Crippen molar-refractivity contribution in [1.82, 2.24) is 15.2 Å². The summed E-state index contributed by atoms with van der Waals surface area (Å²) < 4.78 is 27.5. The molecule has 0 aromatic carbocycles. The van der Waals surface area contributed by atoms with E-state index in [2.05, 4.69) is 35.8 Å². The van der Waals surface area contributed by atoms with Gasteiger partial charge in [0.2, 0.25) is 0 Å². The molecule has 2 aromatic rings. The van der Waals surface area contributed by atoms with Crippen LogP contribution in [-0.4, -0.2) is 23.6 Å². The van der Waals surface area contributed by atoms with Crippen molar-refractivity contribution in [2.75, 3.05) is 4.72 Å². The molecule has 0 atom stereocenters. The lowest BCUT2D eigenvalue weighted by Crippen LogP contribution is -2.15. The van der Waals surface area contributed by atoms with Crippen molar-refractivity contribution >= 4 is 31.8 Å². The predicted molar refractivity (Wildman–Crippen MR) is 70.8 cm³/mol. The average molecular weight is 331 g/mol. The van der Waals surface area contributed by atoms with Crippen molar-refractivity contribution in [3.63, 3.8) is 0 Å². The number of halogens is 1. The topological polar surface area (TPSA) is 87.7 Å². The molecule has 2 heterocycles. The molecule has 2 N–H and O–H groups in total. The highest BCUT2D eigenvalue weighted by atomic mass is 79.9. The molecule has 0 aliphatic heterocycles. The molecule has 96 valence electrons. The minimum Gasteiger partial charge on any atom is -0.281 e. The number of hydrogen-bond acceptors (Lipinski definition) is 4. The van der Waals surface area contributed by atoms with Gasteiger partial charge in [-0.3, -0.25) is 9.82 Å². The Balaban J connectivity index is 2.43. The van der Waals surface area contributed by atoms with E-state index in [9.17, 15) is 8.42 Å². The third-order valence-corrected chi connectivity index (χ3v) is 4.56. The molecule has 2 rings (SSSR count). The highest BCUT2D eigenvalue weighted by Crippen LogP contribution is 2.24. The van der Waals surface area contributed by atoms with Crippen molar-refractivity contribution in [2.45, 2.75) is 18.7 Å². The number of nitrogens with one attached hydrogen (secondary N) is 2. The number of sulfonamides is 1. The standard InChI is InChI=1S/C10H11BrN4O2S/c1-6-9(7(2)14-13-6)18(16,17)15-10-8(11)4-3-5-12-10/h3-5H,1-2H3,(H,12,15)(H,13,14). The lowest BCUT2D eigenvalue weighted by molar-refractivity contribution is 0.600. The molecule has 0 aliphatic carbocycles. The summed E-state index contributed by atoms with van der Waals surface area (Å²) in [5.41, 5.74) is 0.916. The maximum Gasteiger partial charge on any atom is 0.266 e. The number of anilines is 1. The fraction of sp³-hybridized carbons (Fsp3) is 0.200. The molecule has 0 radical (unpaired) electrons. The van der Waals surface area contributed by atoms with E-state index < -0.39 is 10.0 Å². The van der Waals surface area contributed by atoms with Gasteiger partial charge in [-0.05, 0) is 41.9 Å². The van der Waals surface area contributed by atoms with Gasteiger partial charge >= 0.3 is 0 Å². The number of aryl methyl sites for hydroxylation is 2. The molecule has 6 nitrogen and oxygen atoms in total. The Morgan fingerprint density at radius 3 is 2.67 bits per heavy atom. The Bertz CT molecular complexity index is 661. The van der Waals surface area contributed by atoms with Crippen molar-refractivity contribution in [3.8, 4) is 0 Å². The Labute approximate surface area is 113 Å². The first-order valence-electron chi connectivity index (χ1n) is 5.06. The zero-order valence-electron chi connectivity index (χ0n) is 9.73. The molecular formula is C10H11BrN4O2S. The Morgan fingerprint density at radius 2 is 2.11 bits per heavy atom. The quantitative estimate of drug-likeness (QED) is 0.900. The second-order valence-corrected chi connectivity index (χ2v) is 6.18. The van der Waals surface area contributed by atoms with Crippen molar-refractivity contribution in [1.29, 1.82) is 0 Å². The van der Waals surface area contributed by atoms with Crippen LogP contribution in [0, 0.1) is 13.8 Å². The van der Waals surface area contributed by atoms with Gasteiger partial charge in [-0.2, -0.15) is 5.10 Å². The molecule has 0 saturated heterocycles. The number of hydrogen-bond donors (Lipinski definition) is 2. The molecule has 0 fully saturated rings. The smallest absolute Gasteiger partial charge is 0.266 e. The molecule has 0 unspecified atom stereocenters. The highest BCUT2D eigenvalue weighted by molar-refractivity contribution is 9.10. The maximum absolute atomic E-state index is 12.2. The van der Waals surface area contributed by atoms with Crippen LogP contribution < -0.4 is 4.72 Å². The van der Waals surface area contributed by atoms with Gasteiger partial charge in [0.05, 0.1) is 15.9 Å². The lowest BCUT2D eigenvalue weighted by atomic mass is 10.4. The van der Waals surface area contributed by atoms with Gasteiger partial charge in [0.15, 0.2) is 5.82 Å². The zero-order valence-corrected chi connectivity index (χ0v) is 12.1. The monoisotopic (exact) mass is 330 g/mol. The second kappa shape index (κ2) is 4.69. The molecule has 0 saturated carbocycles. The Kier molecular flexibility index (Phi) is 3.40. The van der Waals surface area contributed by atoms with Gasteiger partial charge in [-0.25, -0.2) is 13.4 Å². The largest absolute Gasteiger partial charge is 0.281 e. The molecular weight excluding hydrogens is 320 g/mol. The first kappa shape index (κ1) is 13.0. The second-order valence-electron chi connectivity index (χ2n) is 3.70. The van der Waals surface area contributed by atoms with Crippen molar-refractivity contribution < 1.29 is 8.42 Å². The zero-order chi connectivity index (χ0) is 13.3. The van der Waals surface area contributed by atoms with E-state index in [-0.39, 0.29) is 10.7 Å². The van der Waals surface area contributed by atoms with E-state index in [1.165, 1.54) is 6.20 Å². The summed E-state index contributed by atoms with van der Waals surface area (Å²) in [6.07, 6.45) is 1.51. The Hall–Kier alpha value is -1.41. The van der Waals surface area contributed by atoms with Crippen LogP contribution in [0.15, 0.2) is 27.7 Å². The van der Waals surface area contributed by atoms with Crippen LogP contribution in [0.3, 0.4) is 0 Å². The van der Waals surface area contributed by atoms with E-state index in [4.69, 9.17) is 0 Å². The fourth-order valence-electron chi connectivity index (χ4n) is 1.58. The van der Waals surface area contributed by atoms with Gasteiger partial charge < -0.3 is 0 Å². The van der Waals surface area contributed by atoms with Gasteiger partial charge in [-0.1, -0.05) is 0 Å². The summed E-state index contributed by atoms with van der Waals surface area (Å²) in [4.78, 5) is 4.12. The molecule has 0 bridgehead atoms. The molecule has 0 amide bonds. The minimum absolute atomic E-state index is 0.153. The number of H-pyrrole nitrogens is 1. The van der Waals surface area contributed by atoms with Crippen LogP contribution in [0.25, 0.3) is 0 Å². The van der Waals surface area contributed by atoms with Crippen molar-refractivity contribution in [2.24, 2.45) is 0 Å². The van der Waals surface area contributed by atoms with Crippen LogP contribution in [0.4, 0.5) is 5.82 Å².